The van der Waals surface area contributed by atoms with E-state index in [-0.39, 0.29) is 19.1 Å². The van der Waals surface area contributed by atoms with Gasteiger partial charge in [-0.3, -0.25) is 13.8 Å². The third-order valence-electron chi connectivity index (χ3n) is 9.74. The molecule has 0 radical (unpaired) electrons. The molecule has 3 N–H and O–H groups in total. The highest BCUT2D eigenvalue weighted by Crippen LogP contribution is 2.43. The van der Waals surface area contributed by atoms with Crippen LogP contribution in [0.4, 0.5) is 0 Å². The van der Waals surface area contributed by atoms with Gasteiger partial charge in [-0.15, -0.1) is 0 Å². The predicted octanol–water partition coefficient (Wildman–Crippen LogP) is 12.6. The fraction of sp³-hybridized carbons (Fsp3) is 0.766. The molecule has 0 saturated heterocycles. The van der Waals surface area contributed by atoms with Crippen molar-refractivity contribution in [1.29, 1.82) is 0 Å². The van der Waals surface area contributed by atoms with Crippen molar-refractivity contribution in [2.45, 2.75) is 193 Å². The molecule has 0 aliphatic heterocycles. The first-order valence-corrected chi connectivity index (χ1v) is 24.1. The lowest BCUT2D eigenvalue weighted by Gasteiger charge is -2.26. The molecule has 0 aliphatic carbocycles. The molecule has 0 saturated carbocycles. The second-order valence-corrected chi connectivity index (χ2v) is 17.9. The highest BCUT2D eigenvalue weighted by Gasteiger charge is 2.28. The minimum Gasteiger partial charge on any atom is -0.391 e. The fourth-order valence-electron chi connectivity index (χ4n) is 6.09. The minimum absolute atomic E-state index is 0.0565. The monoisotopic (exact) mass is 808 g/mol. The topological polar surface area (TPSA) is 105 Å². The molecule has 0 aromatic carbocycles. The zero-order valence-electron chi connectivity index (χ0n) is 36.9. The Morgan fingerprint density at radius 1 is 0.607 bits per heavy atom. The molecule has 9 heteroatoms. The van der Waals surface area contributed by atoms with Gasteiger partial charge in [-0.25, -0.2) is 4.57 Å². The number of allylic oxidation sites excluding steroid dienone is 10. The molecule has 1 unspecified atom stereocenters. The van der Waals surface area contributed by atoms with E-state index in [9.17, 15) is 19.4 Å². The largest absolute Gasteiger partial charge is 0.472 e. The van der Waals surface area contributed by atoms with Gasteiger partial charge in [0.05, 0.1) is 39.9 Å². The second-order valence-electron chi connectivity index (χ2n) is 16.4. The van der Waals surface area contributed by atoms with E-state index >= 15 is 0 Å². The standard InChI is InChI=1S/C47H87N2O6P/c1-6-8-10-12-14-16-18-20-21-22-23-24-25-26-27-29-31-33-35-37-39-41-47(51)48-45(44-55-56(52,53)54-43-42-49(3,4)5)46(50)40-38-36-34-32-30-28-19-17-15-13-11-9-7-2/h21-22,24-25,27,29-30,32-33,35,45-46,50H,6-20,23,26,28,31,34,36-44H2,1-5H3,(H-,48,51,52,53)/p+1/b22-21+,25-24+,29-27+,32-30+,35-33+/t45-,46+/m0/s1. The third kappa shape index (κ3) is 40.4. The first-order valence-electron chi connectivity index (χ1n) is 22.7. The van der Waals surface area contributed by atoms with Crippen LogP contribution in [0.3, 0.4) is 0 Å². The van der Waals surface area contributed by atoms with Crippen molar-refractivity contribution in [1.82, 2.24) is 5.32 Å². The van der Waals surface area contributed by atoms with E-state index in [2.05, 4.69) is 79.9 Å². The van der Waals surface area contributed by atoms with Crippen LogP contribution in [0.5, 0.6) is 0 Å². The first-order chi connectivity index (χ1) is 27.0. The van der Waals surface area contributed by atoms with Gasteiger partial charge in [0.1, 0.15) is 13.2 Å². The Labute approximate surface area is 345 Å². The van der Waals surface area contributed by atoms with Gasteiger partial charge in [-0.1, -0.05) is 158 Å². The van der Waals surface area contributed by atoms with Crippen LogP contribution in [0, 0.1) is 0 Å². The third-order valence-corrected chi connectivity index (χ3v) is 10.7. The molecule has 56 heavy (non-hydrogen) atoms. The molecule has 326 valence electrons. The molecule has 0 aliphatic rings. The van der Waals surface area contributed by atoms with Gasteiger partial charge in [0, 0.05) is 6.42 Å². The van der Waals surface area contributed by atoms with Crippen LogP contribution in [0.1, 0.15) is 181 Å². The van der Waals surface area contributed by atoms with Crippen LogP contribution in [-0.2, 0) is 18.4 Å². The van der Waals surface area contributed by atoms with E-state index in [1.807, 2.05) is 21.1 Å². The molecule has 8 nitrogen and oxygen atoms in total. The van der Waals surface area contributed by atoms with Gasteiger partial charge in [0.15, 0.2) is 0 Å². The summed E-state index contributed by atoms with van der Waals surface area (Å²) < 4.78 is 23.6. The summed E-state index contributed by atoms with van der Waals surface area (Å²) in [5.74, 6) is -0.211. The molecule has 0 aromatic heterocycles. The van der Waals surface area contributed by atoms with E-state index in [1.165, 1.54) is 96.3 Å². The summed E-state index contributed by atoms with van der Waals surface area (Å²) in [7, 11) is 1.55. The van der Waals surface area contributed by atoms with Crippen molar-refractivity contribution in [3.05, 3.63) is 60.8 Å². The van der Waals surface area contributed by atoms with E-state index in [4.69, 9.17) is 9.05 Å². The molecule has 0 spiro atoms. The number of rotatable bonds is 40. The summed E-state index contributed by atoms with van der Waals surface area (Å²) in [5.41, 5.74) is 0. The average molecular weight is 808 g/mol. The Hall–Kier alpha value is -1.80. The molecular weight excluding hydrogens is 719 g/mol. The number of nitrogens with one attached hydrogen (secondary N) is 1. The van der Waals surface area contributed by atoms with Gasteiger partial charge in [-0.2, -0.15) is 0 Å². The lowest BCUT2D eigenvalue weighted by atomic mass is 10.0. The summed E-state index contributed by atoms with van der Waals surface area (Å²) in [6.45, 7) is 4.79. The summed E-state index contributed by atoms with van der Waals surface area (Å²) in [6.07, 6.45) is 49.8. The summed E-state index contributed by atoms with van der Waals surface area (Å²) in [5, 5.41) is 13.9. The lowest BCUT2D eigenvalue weighted by Crippen LogP contribution is -2.46. The smallest absolute Gasteiger partial charge is 0.391 e. The van der Waals surface area contributed by atoms with Crippen LogP contribution in [-0.4, -0.2) is 73.4 Å². The number of aliphatic hydroxyl groups excluding tert-OH is 1. The molecule has 0 rings (SSSR count). The van der Waals surface area contributed by atoms with Crippen LogP contribution >= 0.6 is 7.82 Å². The Kier molecular flexibility index (Phi) is 37.5. The van der Waals surface area contributed by atoms with Gasteiger partial charge in [0.25, 0.3) is 0 Å². The maximum atomic E-state index is 12.9. The molecule has 0 aromatic rings. The second kappa shape index (κ2) is 38.7. The highest BCUT2D eigenvalue weighted by molar-refractivity contribution is 7.47. The maximum Gasteiger partial charge on any atom is 0.472 e. The molecular formula is C47H88N2O6P+. The molecule has 3 atom stereocenters. The van der Waals surface area contributed by atoms with Crippen LogP contribution < -0.4 is 5.32 Å². The Bertz CT molecular complexity index is 1100. The van der Waals surface area contributed by atoms with Crippen molar-refractivity contribution in [3.8, 4) is 0 Å². The highest BCUT2D eigenvalue weighted by atomic mass is 31.2. The van der Waals surface area contributed by atoms with E-state index in [1.54, 1.807) is 0 Å². The number of hydrogen-bond acceptors (Lipinski definition) is 5. The number of carbonyl (C=O) groups excluding carboxylic acids is 1. The lowest BCUT2D eigenvalue weighted by molar-refractivity contribution is -0.870. The number of nitrogens with zero attached hydrogens (tertiary/aromatic N) is 1. The van der Waals surface area contributed by atoms with Crippen molar-refractivity contribution in [3.63, 3.8) is 0 Å². The van der Waals surface area contributed by atoms with Crippen LogP contribution in [0.15, 0.2) is 60.8 Å². The summed E-state index contributed by atoms with van der Waals surface area (Å²) >= 11 is 0. The van der Waals surface area contributed by atoms with Crippen molar-refractivity contribution in [2.24, 2.45) is 0 Å². The number of phosphoric ester groups is 1. The van der Waals surface area contributed by atoms with E-state index in [0.717, 1.165) is 51.4 Å². The fourth-order valence-corrected chi connectivity index (χ4v) is 6.83. The van der Waals surface area contributed by atoms with E-state index < -0.39 is 20.0 Å². The number of hydrogen-bond donors (Lipinski definition) is 3. The number of quaternary nitrogens is 1. The Morgan fingerprint density at radius 3 is 1.50 bits per heavy atom. The molecule has 0 fully saturated rings. The van der Waals surface area contributed by atoms with E-state index in [0.29, 0.717) is 30.3 Å². The molecule has 1 amide bonds. The van der Waals surface area contributed by atoms with Crippen molar-refractivity contribution in [2.75, 3.05) is 40.9 Å². The normalized spacial score (nSPS) is 14.9. The van der Waals surface area contributed by atoms with Crippen molar-refractivity contribution < 1.29 is 32.9 Å². The molecule has 0 bridgehead atoms. The molecule has 0 heterocycles. The first kappa shape index (κ1) is 54.2. The Morgan fingerprint density at radius 2 is 1.02 bits per heavy atom. The summed E-state index contributed by atoms with van der Waals surface area (Å²) in [6, 6.07) is -0.807. The predicted molar refractivity (Wildman–Crippen MR) is 240 cm³/mol. The zero-order valence-corrected chi connectivity index (χ0v) is 37.8. The van der Waals surface area contributed by atoms with Gasteiger partial charge < -0.3 is 19.8 Å². The Balaban J connectivity index is 4.49. The van der Waals surface area contributed by atoms with Gasteiger partial charge in [0.2, 0.25) is 5.91 Å². The minimum atomic E-state index is -4.34. The average Bonchev–Trinajstić information content (AvgIpc) is 3.15. The van der Waals surface area contributed by atoms with Gasteiger partial charge >= 0.3 is 7.82 Å². The quantitative estimate of drug-likeness (QED) is 0.0246. The van der Waals surface area contributed by atoms with Crippen LogP contribution in [0.25, 0.3) is 0 Å². The number of unbranched alkanes of at least 4 members (excludes halogenated alkanes) is 17. The SMILES string of the molecule is CCCCCCCCC/C=C/C/C=C/C/C=C/C/C=C/CCCC(=O)N[C@@H](COP(=O)(O)OCC[N+](C)(C)C)[C@H](O)CCCC/C=C/CCCCCCCCC. The zero-order chi connectivity index (χ0) is 41.4. The van der Waals surface area contributed by atoms with Crippen LogP contribution in [0.2, 0.25) is 0 Å². The number of likely N-dealkylation sites (N-methyl/N-ethyl adjacent to an activating group) is 1. The number of aliphatic hydroxyl groups is 1. The summed E-state index contributed by atoms with van der Waals surface area (Å²) in [4.78, 5) is 23.1. The maximum absolute atomic E-state index is 12.9. The van der Waals surface area contributed by atoms with Crippen molar-refractivity contribution >= 4 is 13.7 Å². The number of phosphoric acid groups is 1. The number of carbonyl (C=O) groups is 1. The number of amides is 1. The van der Waals surface area contributed by atoms with Gasteiger partial charge in [-0.05, 0) is 77.0 Å².